The third-order valence-corrected chi connectivity index (χ3v) is 5.02. The Balaban J connectivity index is 1.81. The summed E-state index contributed by atoms with van der Waals surface area (Å²) in [7, 11) is 0. The minimum atomic E-state index is 0.753. The van der Waals surface area contributed by atoms with Crippen molar-refractivity contribution in [3.8, 4) is 0 Å². The molecular weight excluding hydrogens is 220 g/mol. The average molecular weight is 252 g/mol. The fraction of sp³-hybridized carbons (Fsp3) is 1.00. The summed E-state index contributed by atoms with van der Waals surface area (Å²) in [5, 5.41) is 3.77. The van der Waals surface area contributed by atoms with Crippen LogP contribution < -0.4 is 5.32 Å². The summed E-state index contributed by atoms with van der Waals surface area (Å²) < 4.78 is 0. The van der Waals surface area contributed by atoms with Crippen LogP contribution in [0, 0.1) is 11.8 Å². The van der Waals surface area contributed by atoms with Gasteiger partial charge in [-0.1, -0.05) is 33.1 Å². The Morgan fingerprint density at radius 3 is 2.33 bits per heavy atom. The molecule has 2 fully saturated rings. The van der Waals surface area contributed by atoms with Gasteiger partial charge in [0.05, 0.1) is 0 Å². The van der Waals surface area contributed by atoms with E-state index in [1.165, 1.54) is 64.6 Å². The molecule has 2 aliphatic rings. The SMILES string of the molecule is CCNC(CN1CCC(C)CC1)C1CCCCC1. The lowest BCUT2D eigenvalue weighted by Crippen LogP contribution is -2.48. The monoisotopic (exact) mass is 252 g/mol. The lowest BCUT2D eigenvalue weighted by atomic mass is 9.83. The van der Waals surface area contributed by atoms with E-state index < -0.39 is 0 Å². The van der Waals surface area contributed by atoms with Crippen LogP contribution >= 0.6 is 0 Å². The highest BCUT2D eigenvalue weighted by Crippen LogP contribution is 2.27. The van der Waals surface area contributed by atoms with Crippen molar-refractivity contribution >= 4 is 0 Å². The summed E-state index contributed by atoms with van der Waals surface area (Å²) in [4.78, 5) is 2.71. The van der Waals surface area contributed by atoms with Crippen LogP contribution in [0.4, 0.5) is 0 Å². The smallest absolute Gasteiger partial charge is 0.0223 e. The fourth-order valence-electron chi connectivity index (χ4n) is 3.70. The zero-order valence-electron chi connectivity index (χ0n) is 12.5. The quantitative estimate of drug-likeness (QED) is 0.808. The molecule has 1 aliphatic carbocycles. The van der Waals surface area contributed by atoms with Crippen LogP contribution in [0.2, 0.25) is 0 Å². The van der Waals surface area contributed by atoms with Crippen LogP contribution in [0.5, 0.6) is 0 Å². The molecule has 0 amide bonds. The molecule has 0 spiro atoms. The summed E-state index contributed by atoms with van der Waals surface area (Å²) in [6, 6.07) is 0.753. The molecular formula is C16H32N2. The third-order valence-electron chi connectivity index (χ3n) is 5.02. The van der Waals surface area contributed by atoms with Crippen LogP contribution in [-0.2, 0) is 0 Å². The third kappa shape index (κ3) is 4.24. The van der Waals surface area contributed by atoms with E-state index >= 15 is 0 Å². The van der Waals surface area contributed by atoms with Gasteiger partial charge in [-0.3, -0.25) is 0 Å². The summed E-state index contributed by atoms with van der Waals surface area (Å²) in [5.74, 6) is 1.89. The number of piperidine rings is 1. The standard InChI is InChI=1S/C16H32N2/c1-3-17-16(15-7-5-4-6-8-15)13-18-11-9-14(2)10-12-18/h14-17H,3-13H2,1-2H3. The maximum Gasteiger partial charge on any atom is 0.0223 e. The molecule has 0 radical (unpaired) electrons. The highest BCUT2D eigenvalue weighted by molar-refractivity contribution is 4.83. The number of hydrogen-bond acceptors (Lipinski definition) is 2. The Morgan fingerprint density at radius 2 is 1.72 bits per heavy atom. The van der Waals surface area contributed by atoms with Crippen molar-refractivity contribution in [1.29, 1.82) is 0 Å². The second-order valence-electron chi connectivity index (χ2n) is 6.55. The molecule has 0 bridgehead atoms. The van der Waals surface area contributed by atoms with E-state index in [1.54, 1.807) is 0 Å². The molecule has 1 atom stereocenters. The topological polar surface area (TPSA) is 15.3 Å². The molecule has 2 nitrogen and oxygen atoms in total. The number of nitrogens with zero attached hydrogens (tertiary/aromatic N) is 1. The van der Waals surface area contributed by atoms with Crippen molar-refractivity contribution in [1.82, 2.24) is 10.2 Å². The van der Waals surface area contributed by atoms with Gasteiger partial charge in [0.15, 0.2) is 0 Å². The Kier molecular flexibility index (Phi) is 5.97. The number of rotatable bonds is 5. The zero-order valence-corrected chi connectivity index (χ0v) is 12.5. The lowest BCUT2D eigenvalue weighted by molar-refractivity contribution is 0.145. The maximum atomic E-state index is 3.77. The molecule has 0 aromatic heterocycles. The van der Waals surface area contributed by atoms with E-state index in [0.29, 0.717) is 0 Å². The summed E-state index contributed by atoms with van der Waals surface area (Å²) in [6.07, 6.45) is 10.1. The zero-order chi connectivity index (χ0) is 12.8. The molecule has 1 N–H and O–H groups in total. The van der Waals surface area contributed by atoms with Crippen LogP contribution in [0.3, 0.4) is 0 Å². The minimum Gasteiger partial charge on any atom is -0.313 e. The molecule has 1 heterocycles. The van der Waals surface area contributed by atoms with Gasteiger partial charge in [-0.25, -0.2) is 0 Å². The van der Waals surface area contributed by atoms with Gasteiger partial charge in [0.2, 0.25) is 0 Å². The second-order valence-corrected chi connectivity index (χ2v) is 6.55. The summed E-state index contributed by atoms with van der Waals surface area (Å²) in [6.45, 7) is 9.75. The molecule has 1 aliphatic heterocycles. The van der Waals surface area contributed by atoms with E-state index in [-0.39, 0.29) is 0 Å². The molecule has 0 aromatic carbocycles. The van der Waals surface area contributed by atoms with Gasteiger partial charge in [0.1, 0.15) is 0 Å². The van der Waals surface area contributed by atoms with Gasteiger partial charge in [-0.2, -0.15) is 0 Å². The van der Waals surface area contributed by atoms with Crippen LogP contribution in [-0.4, -0.2) is 37.1 Å². The van der Waals surface area contributed by atoms with Crippen molar-refractivity contribution in [3.05, 3.63) is 0 Å². The number of likely N-dealkylation sites (tertiary alicyclic amines) is 1. The van der Waals surface area contributed by atoms with Crippen molar-refractivity contribution < 1.29 is 0 Å². The van der Waals surface area contributed by atoms with Crippen LogP contribution in [0.1, 0.15) is 58.8 Å². The van der Waals surface area contributed by atoms with Gasteiger partial charge in [0, 0.05) is 12.6 Å². The Hall–Kier alpha value is -0.0800. The molecule has 106 valence electrons. The molecule has 1 unspecified atom stereocenters. The predicted octanol–water partition coefficient (Wildman–Crippen LogP) is 3.28. The average Bonchev–Trinajstić information content (AvgIpc) is 2.42. The lowest BCUT2D eigenvalue weighted by Gasteiger charge is -2.37. The first kappa shape index (κ1) is 14.3. The van der Waals surface area contributed by atoms with E-state index in [2.05, 4.69) is 24.1 Å². The minimum absolute atomic E-state index is 0.753. The second kappa shape index (κ2) is 7.49. The van der Waals surface area contributed by atoms with Crippen molar-refractivity contribution in [2.45, 2.75) is 64.8 Å². The Bertz CT molecular complexity index is 215. The molecule has 1 saturated carbocycles. The highest BCUT2D eigenvalue weighted by atomic mass is 15.2. The van der Waals surface area contributed by atoms with Crippen molar-refractivity contribution in [2.75, 3.05) is 26.2 Å². The predicted molar refractivity (Wildman–Crippen MR) is 78.9 cm³/mol. The molecule has 2 heteroatoms. The van der Waals surface area contributed by atoms with E-state index in [0.717, 1.165) is 24.4 Å². The van der Waals surface area contributed by atoms with E-state index in [4.69, 9.17) is 0 Å². The summed E-state index contributed by atoms with van der Waals surface area (Å²) in [5.41, 5.74) is 0. The maximum absolute atomic E-state index is 3.77. The van der Waals surface area contributed by atoms with Crippen molar-refractivity contribution in [2.24, 2.45) is 11.8 Å². The molecule has 1 saturated heterocycles. The van der Waals surface area contributed by atoms with E-state index in [1.807, 2.05) is 0 Å². The van der Waals surface area contributed by atoms with Crippen LogP contribution in [0.15, 0.2) is 0 Å². The summed E-state index contributed by atoms with van der Waals surface area (Å²) >= 11 is 0. The number of hydrogen-bond donors (Lipinski definition) is 1. The van der Waals surface area contributed by atoms with Crippen molar-refractivity contribution in [3.63, 3.8) is 0 Å². The van der Waals surface area contributed by atoms with Gasteiger partial charge >= 0.3 is 0 Å². The Morgan fingerprint density at radius 1 is 1.06 bits per heavy atom. The molecule has 18 heavy (non-hydrogen) atoms. The normalized spacial score (nSPS) is 26.3. The number of nitrogens with one attached hydrogen (secondary N) is 1. The molecule has 0 aromatic rings. The van der Waals surface area contributed by atoms with Gasteiger partial charge in [0.25, 0.3) is 0 Å². The highest BCUT2D eigenvalue weighted by Gasteiger charge is 2.26. The first-order chi connectivity index (χ1) is 8.79. The van der Waals surface area contributed by atoms with Gasteiger partial charge in [-0.15, -0.1) is 0 Å². The number of likely N-dealkylation sites (N-methyl/N-ethyl adjacent to an activating group) is 1. The fourth-order valence-corrected chi connectivity index (χ4v) is 3.70. The van der Waals surface area contributed by atoms with E-state index in [9.17, 15) is 0 Å². The first-order valence-electron chi connectivity index (χ1n) is 8.25. The van der Waals surface area contributed by atoms with Gasteiger partial charge < -0.3 is 10.2 Å². The molecule has 2 rings (SSSR count). The first-order valence-corrected chi connectivity index (χ1v) is 8.25. The van der Waals surface area contributed by atoms with Crippen LogP contribution in [0.25, 0.3) is 0 Å². The largest absolute Gasteiger partial charge is 0.313 e. The van der Waals surface area contributed by atoms with Gasteiger partial charge in [-0.05, 0) is 57.2 Å². The Labute approximate surface area is 114 Å².